The molecule has 1 aliphatic heterocycles. The summed E-state index contributed by atoms with van der Waals surface area (Å²) < 4.78 is 0. The number of hydrogen-bond acceptors (Lipinski definition) is 6. The van der Waals surface area contributed by atoms with Crippen LogP contribution in [0.15, 0.2) is 30.5 Å². The van der Waals surface area contributed by atoms with E-state index in [1.54, 1.807) is 11.1 Å². The fourth-order valence-corrected chi connectivity index (χ4v) is 5.79. The van der Waals surface area contributed by atoms with Crippen molar-refractivity contribution in [1.29, 1.82) is 0 Å². The lowest BCUT2D eigenvalue weighted by molar-refractivity contribution is -0.120. The third kappa shape index (κ3) is 4.83. The first-order valence-corrected chi connectivity index (χ1v) is 13.2. The van der Waals surface area contributed by atoms with E-state index in [2.05, 4.69) is 27.4 Å². The highest BCUT2D eigenvalue weighted by Gasteiger charge is 2.41. The Kier molecular flexibility index (Phi) is 6.88. The lowest BCUT2D eigenvalue weighted by Crippen LogP contribution is -2.55. The molecule has 2 N–H and O–H groups in total. The molecule has 0 saturated heterocycles. The topological polar surface area (TPSA) is 90.5 Å². The van der Waals surface area contributed by atoms with Gasteiger partial charge in [0.15, 0.2) is 5.82 Å². The minimum atomic E-state index is -0.194. The molecule has 2 saturated carbocycles. The molecule has 35 heavy (non-hydrogen) atoms. The number of nitrogens with zero attached hydrogens (tertiary/aromatic N) is 4. The number of fused-ring (bicyclic) bond motifs is 1. The van der Waals surface area contributed by atoms with E-state index in [1.807, 2.05) is 31.3 Å². The molecule has 2 aromatic rings. The summed E-state index contributed by atoms with van der Waals surface area (Å²) in [5.41, 5.74) is 2.23. The van der Waals surface area contributed by atoms with Crippen LogP contribution in [-0.4, -0.2) is 47.0 Å². The fraction of sp³-hybridized carbons (Fsp3) is 0.556. The van der Waals surface area contributed by atoms with Crippen molar-refractivity contribution in [2.24, 2.45) is 0 Å². The van der Waals surface area contributed by atoms with Crippen molar-refractivity contribution in [1.82, 2.24) is 15.3 Å². The summed E-state index contributed by atoms with van der Waals surface area (Å²) in [5.74, 6) is 1.41. The molecule has 1 aromatic carbocycles. The molecule has 0 unspecified atom stereocenters. The van der Waals surface area contributed by atoms with Gasteiger partial charge in [0.25, 0.3) is 5.91 Å². The van der Waals surface area contributed by atoms with E-state index in [-0.39, 0.29) is 23.9 Å². The second-order valence-corrected chi connectivity index (χ2v) is 10.1. The molecular formula is C27H36N6O2. The largest absolute Gasteiger partial charge is 0.349 e. The van der Waals surface area contributed by atoms with Crippen LogP contribution in [0.1, 0.15) is 81.5 Å². The van der Waals surface area contributed by atoms with E-state index in [9.17, 15) is 9.59 Å². The quantitative estimate of drug-likeness (QED) is 0.623. The molecule has 1 aromatic heterocycles. The minimum absolute atomic E-state index is 0.0148. The first-order chi connectivity index (χ1) is 17.0. The predicted molar refractivity (Wildman–Crippen MR) is 138 cm³/mol. The minimum Gasteiger partial charge on any atom is -0.349 e. The van der Waals surface area contributed by atoms with Crippen molar-refractivity contribution in [2.45, 2.75) is 89.3 Å². The number of carbonyl (C=O) groups is 2. The number of hydrogen-bond donors (Lipinski definition) is 2. The summed E-state index contributed by atoms with van der Waals surface area (Å²) in [6, 6.07) is 7.88. The van der Waals surface area contributed by atoms with Crippen molar-refractivity contribution in [3.63, 3.8) is 0 Å². The van der Waals surface area contributed by atoms with Gasteiger partial charge < -0.3 is 20.4 Å². The monoisotopic (exact) mass is 476 g/mol. The molecule has 5 rings (SSSR count). The zero-order chi connectivity index (χ0) is 24.4. The van der Waals surface area contributed by atoms with Crippen LogP contribution < -0.4 is 20.4 Å². The summed E-state index contributed by atoms with van der Waals surface area (Å²) >= 11 is 0. The normalized spacial score (nSPS) is 21.2. The highest BCUT2D eigenvalue weighted by Crippen LogP contribution is 2.40. The Hall–Kier alpha value is -3.16. The molecule has 1 atom stereocenters. The molecule has 8 heteroatoms. The maximum Gasteiger partial charge on any atom is 0.251 e. The smallest absolute Gasteiger partial charge is 0.251 e. The van der Waals surface area contributed by atoms with Gasteiger partial charge in [-0.3, -0.25) is 9.59 Å². The third-order valence-electron chi connectivity index (χ3n) is 7.76. The van der Waals surface area contributed by atoms with Crippen molar-refractivity contribution < 1.29 is 9.59 Å². The number of benzene rings is 1. The number of nitrogens with one attached hydrogen (secondary N) is 2. The molecule has 0 spiro atoms. The Bertz CT molecular complexity index is 1060. The van der Waals surface area contributed by atoms with Gasteiger partial charge in [0.2, 0.25) is 11.9 Å². The molecule has 2 aliphatic carbocycles. The van der Waals surface area contributed by atoms with Crippen molar-refractivity contribution in [3.05, 3.63) is 36.0 Å². The average molecular weight is 477 g/mol. The van der Waals surface area contributed by atoms with E-state index in [0.717, 1.165) is 49.3 Å². The molecule has 3 aliphatic rings. The molecule has 2 fully saturated rings. The van der Waals surface area contributed by atoms with E-state index in [0.29, 0.717) is 17.6 Å². The molecule has 8 nitrogen and oxygen atoms in total. The van der Waals surface area contributed by atoms with E-state index >= 15 is 0 Å². The maximum atomic E-state index is 13.1. The van der Waals surface area contributed by atoms with Gasteiger partial charge in [-0.2, -0.15) is 4.98 Å². The summed E-state index contributed by atoms with van der Waals surface area (Å²) in [4.78, 5) is 39.0. The Morgan fingerprint density at radius 2 is 1.71 bits per heavy atom. The number of likely N-dealkylation sites (N-methyl/N-ethyl adjacent to an activating group) is 1. The lowest BCUT2D eigenvalue weighted by Gasteiger charge is -2.43. The molecule has 2 amide bonds. The van der Waals surface area contributed by atoms with Gasteiger partial charge in [-0.05, 0) is 56.4 Å². The lowest BCUT2D eigenvalue weighted by atomic mass is 9.95. The zero-order valence-corrected chi connectivity index (χ0v) is 20.8. The van der Waals surface area contributed by atoms with Gasteiger partial charge in [-0.25, -0.2) is 4.98 Å². The highest BCUT2D eigenvalue weighted by atomic mass is 16.2. The van der Waals surface area contributed by atoms with Gasteiger partial charge in [0.05, 0.1) is 6.20 Å². The van der Waals surface area contributed by atoms with Crippen molar-refractivity contribution in [2.75, 3.05) is 22.2 Å². The maximum absolute atomic E-state index is 13.1. The first-order valence-electron chi connectivity index (χ1n) is 13.2. The van der Waals surface area contributed by atoms with Crippen LogP contribution in [0.5, 0.6) is 0 Å². The molecule has 186 valence electrons. The number of anilines is 4. The Morgan fingerprint density at radius 3 is 2.40 bits per heavy atom. The van der Waals surface area contributed by atoms with Crippen LogP contribution in [0.3, 0.4) is 0 Å². The molecule has 0 bridgehead atoms. The highest BCUT2D eigenvalue weighted by molar-refractivity contribution is 6.04. The van der Waals surface area contributed by atoms with Gasteiger partial charge in [0.1, 0.15) is 11.7 Å². The summed E-state index contributed by atoms with van der Waals surface area (Å²) in [6.07, 6.45) is 12.8. The van der Waals surface area contributed by atoms with Gasteiger partial charge in [-0.15, -0.1) is 0 Å². The van der Waals surface area contributed by atoms with Crippen LogP contribution in [0.2, 0.25) is 0 Å². The van der Waals surface area contributed by atoms with E-state index < -0.39 is 0 Å². The Morgan fingerprint density at radius 1 is 1.03 bits per heavy atom. The summed E-state index contributed by atoms with van der Waals surface area (Å²) in [5, 5.41) is 6.45. The third-order valence-corrected chi connectivity index (χ3v) is 7.76. The standard InChI is InChI=1S/C27H36N6O2/c1-3-22-26(35)32(2)23-17-28-27(31-24(23)33(22)21-11-7-8-12-21)30-20-15-13-18(14-16-20)25(34)29-19-9-5-4-6-10-19/h13-17,19,21-22H,3-12H2,1-2H3,(H,29,34)(H,28,30,31)/t22-/m1/s1. The van der Waals surface area contributed by atoms with Crippen molar-refractivity contribution in [3.8, 4) is 0 Å². The van der Waals surface area contributed by atoms with Gasteiger partial charge in [0, 0.05) is 30.4 Å². The SMILES string of the molecule is CC[C@@H]1C(=O)N(C)c2cnc(Nc3ccc(C(=O)NC4CCCCC4)cc3)nc2N1C1CCCC1. The summed E-state index contributed by atoms with van der Waals surface area (Å²) in [6.45, 7) is 2.07. The molecule has 0 radical (unpaired) electrons. The zero-order valence-electron chi connectivity index (χ0n) is 20.8. The molecule has 2 heterocycles. The van der Waals surface area contributed by atoms with Crippen LogP contribution in [0, 0.1) is 0 Å². The van der Waals surface area contributed by atoms with E-state index in [4.69, 9.17) is 4.98 Å². The van der Waals surface area contributed by atoms with E-state index in [1.165, 1.54) is 32.1 Å². The first kappa shape index (κ1) is 23.6. The number of amides is 2. The average Bonchev–Trinajstić information content (AvgIpc) is 3.41. The Labute approximate surface area is 207 Å². The van der Waals surface area contributed by atoms with Crippen LogP contribution in [-0.2, 0) is 4.79 Å². The van der Waals surface area contributed by atoms with Crippen molar-refractivity contribution >= 4 is 35.0 Å². The number of carbonyl (C=O) groups excluding carboxylic acids is 2. The van der Waals surface area contributed by atoms with Gasteiger partial charge >= 0.3 is 0 Å². The Balaban J connectivity index is 1.33. The summed E-state index contributed by atoms with van der Waals surface area (Å²) in [7, 11) is 1.81. The predicted octanol–water partition coefficient (Wildman–Crippen LogP) is 4.79. The second-order valence-electron chi connectivity index (χ2n) is 10.1. The van der Waals surface area contributed by atoms with Gasteiger partial charge in [-0.1, -0.05) is 39.0 Å². The number of rotatable bonds is 6. The number of aromatic nitrogens is 2. The molecular weight excluding hydrogens is 440 g/mol. The van der Waals surface area contributed by atoms with Crippen LogP contribution in [0.25, 0.3) is 0 Å². The second kappa shape index (κ2) is 10.2. The fourth-order valence-electron chi connectivity index (χ4n) is 5.79. The van der Waals surface area contributed by atoms with Crippen LogP contribution >= 0.6 is 0 Å². The van der Waals surface area contributed by atoms with Crippen LogP contribution in [0.4, 0.5) is 23.1 Å².